The topological polar surface area (TPSA) is 112 Å². The first-order valence-electron chi connectivity index (χ1n) is 16.5. The molecule has 2 amide bonds. The summed E-state index contributed by atoms with van der Waals surface area (Å²) in [6, 6.07) is 23.5. The minimum Gasteiger partial charge on any atom is -0.493 e. The molecule has 0 spiro atoms. The van der Waals surface area contributed by atoms with E-state index < -0.39 is 10.0 Å². The summed E-state index contributed by atoms with van der Waals surface area (Å²) >= 11 is 0. The maximum Gasteiger partial charge on any atom is 0.261 e. The Morgan fingerprint density at radius 1 is 0.714 bits per heavy atom. The molecule has 0 aliphatic carbocycles. The third-order valence-corrected chi connectivity index (χ3v) is 10.8. The van der Waals surface area contributed by atoms with Crippen LogP contribution in [-0.2, 0) is 10.0 Å². The molecule has 0 aromatic heterocycles. The first kappa shape index (κ1) is 34.1. The van der Waals surface area contributed by atoms with Crippen molar-refractivity contribution >= 4 is 44.0 Å². The third kappa shape index (κ3) is 7.16. The van der Waals surface area contributed by atoms with Crippen LogP contribution in [0.5, 0.6) is 11.5 Å². The van der Waals surface area contributed by atoms with Gasteiger partial charge in [0, 0.05) is 64.0 Å². The van der Waals surface area contributed by atoms with Crippen LogP contribution in [0.2, 0.25) is 0 Å². The minimum atomic E-state index is -3.99. The van der Waals surface area contributed by atoms with Crippen LogP contribution in [0, 0.1) is 0 Å². The fraction of sp³-hybridized carbons (Fsp3) is 0.351. The monoisotopic (exact) mass is 685 g/mol. The van der Waals surface area contributed by atoms with Gasteiger partial charge in [-0.05, 0) is 67.1 Å². The Morgan fingerprint density at radius 3 is 2.04 bits per heavy atom. The number of rotatable bonds is 9. The number of benzene rings is 4. The smallest absolute Gasteiger partial charge is 0.261 e. The normalized spacial score (nSPS) is 15.8. The average molecular weight is 686 g/mol. The van der Waals surface area contributed by atoms with Crippen LogP contribution in [0.4, 0.5) is 11.4 Å². The number of ether oxygens (including phenoxy) is 2. The molecule has 49 heavy (non-hydrogen) atoms. The number of carbonyl (C=O) groups is 2. The second-order valence-corrected chi connectivity index (χ2v) is 14.3. The fourth-order valence-electron chi connectivity index (χ4n) is 6.57. The Morgan fingerprint density at radius 2 is 1.39 bits per heavy atom. The maximum absolute atomic E-state index is 13.9. The molecule has 2 aliphatic rings. The summed E-state index contributed by atoms with van der Waals surface area (Å²) in [5.41, 5.74) is 1.85. The summed E-state index contributed by atoms with van der Waals surface area (Å²) in [6.07, 6.45) is 0. The van der Waals surface area contributed by atoms with Crippen molar-refractivity contribution in [1.29, 1.82) is 0 Å². The number of para-hydroxylation sites is 1. The molecule has 0 bridgehead atoms. The molecule has 0 radical (unpaired) electrons. The number of hydrogen-bond donors (Lipinski definition) is 1. The van der Waals surface area contributed by atoms with E-state index in [4.69, 9.17) is 9.47 Å². The quantitative estimate of drug-likeness (QED) is 0.268. The van der Waals surface area contributed by atoms with E-state index in [1.54, 1.807) is 58.3 Å². The van der Waals surface area contributed by atoms with Crippen LogP contribution < -0.4 is 19.1 Å². The van der Waals surface area contributed by atoms with Gasteiger partial charge in [0.1, 0.15) is 0 Å². The molecule has 0 atom stereocenters. The van der Waals surface area contributed by atoms with Gasteiger partial charge in [0.15, 0.2) is 11.5 Å². The van der Waals surface area contributed by atoms with Crippen LogP contribution in [-0.4, -0.2) is 108 Å². The summed E-state index contributed by atoms with van der Waals surface area (Å²) < 4.78 is 41.3. The zero-order valence-corrected chi connectivity index (χ0v) is 29.2. The molecular formula is C37H43N5O6S. The number of sulfonamides is 1. The van der Waals surface area contributed by atoms with Gasteiger partial charge < -0.3 is 24.2 Å². The zero-order valence-electron chi connectivity index (χ0n) is 28.4. The molecule has 4 aromatic carbocycles. The number of methoxy groups -OCH3 is 2. The lowest BCUT2D eigenvalue weighted by Gasteiger charge is -2.39. The molecule has 0 unspecified atom stereocenters. The highest BCUT2D eigenvalue weighted by Crippen LogP contribution is 2.33. The van der Waals surface area contributed by atoms with Crippen molar-refractivity contribution < 1.29 is 27.5 Å². The molecule has 11 nitrogen and oxygen atoms in total. The Labute approximate surface area is 288 Å². The molecule has 2 saturated heterocycles. The number of anilines is 2. The number of amides is 2. The summed E-state index contributed by atoms with van der Waals surface area (Å²) in [4.78, 5) is 35.4. The van der Waals surface area contributed by atoms with Crippen molar-refractivity contribution in [2.24, 2.45) is 0 Å². The van der Waals surface area contributed by atoms with Gasteiger partial charge in [-0.25, -0.2) is 8.42 Å². The molecule has 2 aliphatic heterocycles. The van der Waals surface area contributed by atoms with E-state index >= 15 is 0 Å². The second-order valence-electron chi connectivity index (χ2n) is 12.6. The summed E-state index contributed by atoms with van der Waals surface area (Å²) in [6.45, 7) is 8.82. The SMILES string of the molecule is COc1cccc(C(=O)N2CCN(C(=O)c3ccc(N4CCN(C(C)C)CC4)c(NS(=O)(=O)c4ccc5ccccc5c4)c3)CC2)c1OC. The Hall–Kier alpha value is -4.81. The van der Waals surface area contributed by atoms with Crippen LogP contribution in [0.15, 0.2) is 83.8 Å². The zero-order chi connectivity index (χ0) is 34.7. The molecule has 4 aromatic rings. The largest absolute Gasteiger partial charge is 0.493 e. The van der Waals surface area contributed by atoms with Gasteiger partial charge in [0.05, 0.1) is 36.1 Å². The molecule has 258 valence electrons. The number of fused-ring (bicyclic) bond motifs is 1. The van der Waals surface area contributed by atoms with Gasteiger partial charge in [-0.15, -0.1) is 0 Å². The van der Waals surface area contributed by atoms with E-state index in [-0.39, 0.29) is 16.7 Å². The molecule has 2 fully saturated rings. The van der Waals surface area contributed by atoms with Gasteiger partial charge in [-0.3, -0.25) is 19.2 Å². The number of hydrogen-bond acceptors (Lipinski definition) is 8. The van der Waals surface area contributed by atoms with Gasteiger partial charge in [0.2, 0.25) is 0 Å². The number of nitrogens with one attached hydrogen (secondary N) is 1. The third-order valence-electron chi connectivity index (χ3n) is 9.39. The van der Waals surface area contributed by atoms with E-state index in [9.17, 15) is 18.0 Å². The van der Waals surface area contributed by atoms with Gasteiger partial charge in [-0.2, -0.15) is 0 Å². The molecule has 0 saturated carbocycles. The van der Waals surface area contributed by atoms with E-state index in [1.807, 2.05) is 30.3 Å². The predicted molar refractivity (Wildman–Crippen MR) is 191 cm³/mol. The van der Waals surface area contributed by atoms with Crippen LogP contribution in [0.25, 0.3) is 10.8 Å². The highest BCUT2D eigenvalue weighted by atomic mass is 32.2. The first-order chi connectivity index (χ1) is 23.6. The van der Waals surface area contributed by atoms with Crippen LogP contribution in [0.1, 0.15) is 34.6 Å². The lowest BCUT2D eigenvalue weighted by Crippen LogP contribution is -2.50. The minimum absolute atomic E-state index is 0.145. The Kier molecular flexibility index (Phi) is 9.98. The second kappa shape index (κ2) is 14.4. The van der Waals surface area contributed by atoms with Crippen molar-refractivity contribution in [2.45, 2.75) is 24.8 Å². The molecule has 2 heterocycles. The van der Waals surface area contributed by atoms with E-state index in [1.165, 1.54) is 14.2 Å². The van der Waals surface area contributed by atoms with Crippen molar-refractivity contribution in [3.8, 4) is 11.5 Å². The van der Waals surface area contributed by atoms with Crippen LogP contribution >= 0.6 is 0 Å². The van der Waals surface area contributed by atoms with E-state index in [0.29, 0.717) is 60.5 Å². The molecular weight excluding hydrogens is 643 g/mol. The predicted octanol–water partition coefficient (Wildman–Crippen LogP) is 4.79. The van der Waals surface area contributed by atoms with Crippen molar-refractivity contribution in [3.63, 3.8) is 0 Å². The van der Waals surface area contributed by atoms with E-state index in [0.717, 1.165) is 42.6 Å². The van der Waals surface area contributed by atoms with Gasteiger partial charge in [0.25, 0.3) is 21.8 Å². The highest BCUT2D eigenvalue weighted by Gasteiger charge is 2.29. The van der Waals surface area contributed by atoms with Crippen molar-refractivity contribution in [1.82, 2.24) is 14.7 Å². The highest BCUT2D eigenvalue weighted by molar-refractivity contribution is 7.92. The Balaban J connectivity index is 1.23. The number of piperazine rings is 2. The molecule has 12 heteroatoms. The maximum atomic E-state index is 13.9. The Bertz CT molecular complexity index is 1950. The number of nitrogens with zero attached hydrogens (tertiary/aromatic N) is 4. The molecule has 1 N–H and O–H groups in total. The summed E-state index contributed by atoms with van der Waals surface area (Å²) in [5.74, 6) is 0.417. The van der Waals surface area contributed by atoms with Crippen molar-refractivity contribution in [3.05, 3.63) is 90.0 Å². The summed E-state index contributed by atoms with van der Waals surface area (Å²) in [5, 5.41) is 1.77. The number of carbonyl (C=O) groups excluding carboxylic acids is 2. The van der Waals surface area contributed by atoms with E-state index in [2.05, 4.69) is 28.4 Å². The fourth-order valence-corrected chi connectivity index (χ4v) is 7.67. The van der Waals surface area contributed by atoms with Gasteiger partial charge in [-0.1, -0.05) is 36.4 Å². The standard InChI is InChI=1S/C37H43N5O6S/c1-26(2)39-16-18-40(19-17-39)33-15-13-29(25-32(33)38-49(45,46)30-14-12-27-8-5-6-9-28(27)24-30)36(43)41-20-22-42(23-21-41)37(44)31-10-7-11-34(47-3)35(31)48-4/h5-15,24-26,38H,16-23H2,1-4H3. The average Bonchev–Trinajstić information content (AvgIpc) is 3.13. The first-order valence-corrected chi connectivity index (χ1v) is 18.0. The molecule has 6 rings (SSSR count). The van der Waals surface area contributed by atoms with Gasteiger partial charge >= 0.3 is 0 Å². The van der Waals surface area contributed by atoms with Crippen LogP contribution in [0.3, 0.4) is 0 Å². The lowest BCUT2D eigenvalue weighted by atomic mass is 10.1. The lowest BCUT2D eigenvalue weighted by molar-refractivity contribution is 0.0533. The van der Waals surface area contributed by atoms with Crippen molar-refractivity contribution in [2.75, 3.05) is 76.2 Å². The summed E-state index contributed by atoms with van der Waals surface area (Å²) in [7, 11) is -0.965.